The second kappa shape index (κ2) is 6.24. The summed E-state index contributed by atoms with van der Waals surface area (Å²) in [5, 5.41) is 3.02. The maximum atomic E-state index is 12.2. The summed E-state index contributed by atoms with van der Waals surface area (Å²) in [6, 6.07) is 1.98. The Bertz CT molecular complexity index is 445. The van der Waals surface area contributed by atoms with Crippen LogP contribution < -0.4 is 5.32 Å². The van der Waals surface area contributed by atoms with Gasteiger partial charge in [0.2, 0.25) is 0 Å². The van der Waals surface area contributed by atoms with E-state index in [2.05, 4.69) is 16.8 Å². The molecule has 1 N–H and O–H groups in total. The molecule has 19 heavy (non-hydrogen) atoms. The zero-order valence-electron chi connectivity index (χ0n) is 12.2. The van der Waals surface area contributed by atoms with Gasteiger partial charge in [-0.3, -0.25) is 4.79 Å². The van der Waals surface area contributed by atoms with Crippen LogP contribution in [0.25, 0.3) is 0 Å². The van der Waals surface area contributed by atoms with Gasteiger partial charge < -0.3 is 14.6 Å². The maximum absolute atomic E-state index is 12.2. The van der Waals surface area contributed by atoms with Crippen molar-refractivity contribution in [3.63, 3.8) is 0 Å². The third kappa shape index (κ3) is 3.18. The summed E-state index contributed by atoms with van der Waals surface area (Å²) in [4.78, 5) is 12.2. The molecule has 0 radical (unpaired) electrons. The fourth-order valence-corrected chi connectivity index (χ4v) is 2.81. The lowest BCUT2D eigenvalue weighted by molar-refractivity contribution is 0.0949. The molecule has 1 fully saturated rings. The fraction of sp³-hybridized carbons (Fsp3) is 0.667. The van der Waals surface area contributed by atoms with Crippen molar-refractivity contribution in [2.75, 3.05) is 19.8 Å². The molecule has 106 valence electrons. The van der Waals surface area contributed by atoms with Crippen LogP contribution in [-0.4, -0.2) is 30.2 Å². The van der Waals surface area contributed by atoms with Crippen molar-refractivity contribution < 1.29 is 9.53 Å². The molecule has 0 bridgehead atoms. The van der Waals surface area contributed by atoms with Crippen molar-refractivity contribution >= 4 is 5.91 Å². The number of hydrogen-bond donors (Lipinski definition) is 1. The summed E-state index contributed by atoms with van der Waals surface area (Å²) < 4.78 is 7.50. The number of amides is 1. The normalized spacial score (nSPS) is 18.8. The van der Waals surface area contributed by atoms with E-state index >= 15 is 0 Å². The summed E-state index contributed by atoms with van der Waals surface area (Å²) in [6.07, 6.45) is 2.14. The second-order valence-electron chi connectivity index (χ2n) is 5.30. The third-order valence-electron chi connectivity index (χ3n) is 4.00. The highest BCUT2D eigenvalue weighted by Gasteiger charge is 2.17. The van der Waals surface area contributed by atoms with Gasteiger partial charge in [-0.25, -0.2) is 0 Å². The molecule has 1 atom stereocenters. The number of carbonyl (C=O) groups excluding carboxylic acids is 1. The van der Waals surface area contributed by atoms with E-state index in [0.29, 0.717) is 5.92 Å². The number of nitrogens with zero attached hydrogens (tertiary/aromatic N) is 1. The predicted molar refractivity (Wildman–Crippen MR) is 75.5 cm³/mol. The first-order chi connectivity index (χ1) is 9.13. The van der Waals surface area contributed by atoms with E-state index in [4.69, 9.17) is 4.74 Å². The van der Waals surface area contributed by atoms with Crippen LogP contribution in [-0.2, 0) is 11.3 Å². The molecular formula is C15H24N2O2. The van der Waals surface area contributed by atoms with Crippen LogP contribution >= 0.6 is 0 Å². The van der Waals surface area contributed by atoms with Gasteiger partial charge in [0.25, 0.3) is 5.91 Å². The Balaban J connectivity index is 1.88. The first kappa shape index (κ1) is 14.1. The van der Waals surface area contributed by atoms with E-state index in [1.165, 1.54) is 0 Å². The van der Waals surface area contributed by atoms with Crippen molar-refractivity contribution in [3.05, 3.63) is 23.0 Å². The van der Waals surface area contributed by atoms with Crippen LogP contribution in [0.4, 0.5) is 0 Å². The van der Waals surface area contributed by atoms with Crippen LogP contribution in [0.1, 0.15) is 41.5 Å². The number of ether oxygens (including phenoxy) is 1. The lowest BCUT2D eigenvalue weighted by Crippen LogP contribution is -2.26. The van der Waals surface area contributed by atoms with Crippen LogP contribution in [0.2, 0.25) is 0 Å². The van der Waals surface area contributed by atoms with Crippen molar-refractivity contribution in [1.82, 2.24) is 9.88 Å². The molecular weight excluding hydrogens is 240 g/mol. The largest absolute Gasteiger partial charge is 0.381 e. The molecule has 0 saturated carbocycles. The molecule has 1 aliphatic rings. The first-order valence-corrected chi connectivity index (χ1v) is 7.16. The highest BCUT2D eigenvalue weighted by atomic mass is 16.5. The number of aryl methyl sites for hydroxylation is 1. The van der Waals surface area contributed by atoms with Gasteiger partial charge in [0.15, 0.2) is 0 Å². The summed E-state index contributed by atoms with van der Waals surface area (Å²) in [5.74, 6) is 0.662. The van der Waals surface area contributed by atoms with Gasteiger partial charge in [-0.2, -0.15) is 0 Å². The van der Waals surface area contributed by atoms with Gasteiger partial charge in [-0.05, 0) is 45.6 Å². The Hall–Kier alpha value is -1.29. The topological polar surface area (TPSA) is 43.3 Å². The zero-order chi connectivity index (χ0) is 13.8. The van der Waals surface area contributed by atoms with E-state index < -0.39 is 0 Å². The average molecular weight is 264 g/mol. The van der Waals surface area contributed by atoms with E-state index in [1.54, 1.807) is 0 Å². The monoisotopic (exact) mass is 264 g/mol. The summed E-state index contributed by atoms with van der Waals surface area (Å²) in [6.45, 7) is 9.52. The number of aromatic nitrogens is 1. The average Bonchev–Trinajstić information content (AvgIpc) is 2.98. The van der Waals surface area contributed by atoms with Gasteiger partial charge in [0, 0.05) is 37.7 Å². The van der Waals surface area contributed by atoms with Crippen molar-refractivity contribution in [3.8, 4) is 0 Å². The van der Waals surface area contributed by atoms with Gasteiger partial charge in [-0.1, -0.05) is 0 Å². The van der Waals surface area contributed by atoms with Crippen molar-refractivity contribution in [1.29, 1.82) is 0 Å². The Kier molecular flexibility index (Phi) is 4.64. The SMILES string of the molecule is CCn1c(C)cc(C(=O)NCCC2CCOC2)c1C. The van der Waals surface area contributed by atoms with Crippen LogP contribution in [0.3, 0.4) is 0 Å². The maximum Gasteiger partial charge on any atom is 0.253 e. The number of carbonyl (C=O) groups is 1. The standard InChI is InChI=1S/C15H24N2O2/c1-4-17-11(2)9-14(12(17)3)15(18)16-7-5-13-6-8-19-10-13/h9,13H,4-8,10H2,1-3H3,(H,16,18). The second-order valence-corrected chi connectivity index (χ2v) is 5.30. The molecule has 0 aromatic carbocycles. The molecule has 1 aliphatic heterocycles. The lowest BCUT2D eigenvalue weighted by Gasteiger charge is -2.09. The Morgan fingerprint density at radius 2 is 2.32 bits per heavy atom. The number of nitrogens with one attached hydrogen (secondary N) is 1. The molecule has 1 unspecified atom stereocenters. The molecule has 0 spiro atoms. The van der Waals surface area contributed by atoms with Gasteiger partial charge in [-0.15, -0.1) is 0 Å². The van der Waals surface area contributed by atoms with Gasteiger partial charge in [0.1, 0.15) is 0 Å². The van der Waals surface area contributed by atoms with E-state index in [1.807, 2.05) is 19.9 Å². The first-order valence-electron chi connectivity index (χ1n) is 7.16. The van der Waals surface area contributed by atoms with Crippen molar-refractivity contribution in [2.45, 2.75) is 40.2 Å². The number of rotatable bonds is 5. The van der Waals surface area contributed by atoms with Crippen LogP contribution in [0.15, 0.2) is 6.07 Å². The smallest absolute Gasteiger partial charge is 0.253 e. The highest BCUT2D eigenvalue weighted by Crippen LogP contribution is 2.17. The van der Waals surface area contributed by atoms with Gasteiger partial charge in [0.05, 0.1) is 5.56 Å². The Labute approximate surface area is 115 Å². The minimum Gasteiger partial charge on any atom is -0.381 e. The minimum absolute atomic E-state index is 0.0479. The molecule has 1 saturated heterocycles. The van der Waals surface area contributed by atoms with E-state index in [9.17, 15) is 4.79 Å². The quantitative estimate of drug-likeness (QED) is 0.886. The van der Waals surface area contributed by atoms with Crippen LogP contribution in [0, 0.1) is 19.8 Å². The Morgan fingerprint density at radius 1 is 1.53 bits per heavy atom. The number of hydrogen-bond acceptors (Lipinski definition) is 2. The molecule has 1 aromatic rings. The minimum atomic E-state index is 0.0479. The molecule has 2 heterocycles. The lowest BCUT2D eigenvalue weighted by atomic mass is 10.1. The molecule has 1 amide bonds. The van der Waals surface area contributed by atoms with Crippen molar-refractivity contribution in [2.24, 2.45) is 5.92 Å². The summed E-state index contributed by atoms with van der Waals surface area (Å²) in [7, 11) is 0. The predicted octanol–water partition coefficient (Wildman–Crippen LogP) is 2.28. The third-order valence-corrected chi connectivity index (χ3v) is 4.00. The molecule has 0 aliphatic carbocycles. The molecule has 2 rings (SSSR count). The van der Waals surface area contributed by atoms with E-state index in [0.717, 1.165) is 56.1 Å². The molecule has 1 aromatic heterocycles. The van der Waals surface area contributed by atoms with E-state index in [-0.39, 0.29) is 5.91 Å². The van der Waals surface area contributed by atoms with Gasteiger partial charge >= 0.3 is 0 Å². The zero-order valence-corrected chi connectivity index (χ0v) is 12.2. The molecule has 4 heteroatoms. The molecule has 4 nitrogen and oxygen atoms in total. The summed E-state index contributed by atoms with van der Waals surface area (Å²) in [5.41, 5.74) is 3.01. The highest BCUT2D eigenvalue weighted by molar-refractivity contribution is 5.95. The fourth-order valence-electron chi connectivity index (χ4n) is 2.81. The van der Waals surface area contributed by atoms with Crippen LogP contribution in [0.5, 0.6) is 0 Å². The Morgan fingerprint density at radius 3 is 2.89 bits per heavy atom. The summed E-state index contributed by atoms with van der Waals surface area (Å²) >= 11 is 0.